The number of carbonyl (C=O) groups excluding carboxylic acids is 1. The smallest absolute Gasteiger partial charge is 0.183 e. The first-order chi connectivity index (χ1) is 20.6. The Hall–Kier alpha value is -3.75. The number of hydrogen-bond donors (Lipinski definition) is 0. The number of allylic oxidation sites excluding steroid dienone is 12. The van der Waals surface area contributed by atoms with Crippen molar-refractivity contribution < 1.29 is 4.79 Å². The maximum atomic E-state index is 13.1. The first kappa shape index (κ1) is 33.7. The van der Waals surface area contributed by atoms with Gasteiger partial charge >= 0.3 is 0 Å². The lowest BCUT2D eigenvalue weighted by molar-refractivity contribution is -0.111. The number of ketones is 1. The minimum Gasteiger partial charge on any atom is -0.371 e. The molecule has 0 aromatic heterocycles. The highest BCUT2D eigenvalue weighted by atomic mass is 16.1. The average molecular weight is 578 g/mol. The van der Waals surface area contributed by atoms with Crippen LogP contribution in [0.25, 0.3) is 0 Å². The van der Waals surface area contributed by atoms with Gasteiger partial charge in [-0.3, -0.25) is 14.8 Å². The third kappa shape index (κ3) is 9.12. The number of nitrogens with zero attached hydrogens (tertiary/aromatic N) is 3. The Morgan fingerprint density at radius 2 is 1.88 bits per heavy atom. The van der Waals surface area contributed by atoms with Gasteiger partial charge in [0.15, 0.2) is 5.78 Å². The molecule has 0 aromatic rings. The van der Waals surface area contributed by atoms with Gasteiger partial charge in [0.2, 0.25) is 0 Å². The largest absolute Gasteiger partial charge is 0.371 e. The zero-order valence-corrected chi connectivity index (χ0v) is 27.6. The molecule has 1 unspecified atom stereocenters. The van der Waals surface area contributed by atoms with Gasteiger partial charge in [-0.1, -0.05) is 63.6 Å². The van der Waals surface area contributed by atoms with E-state index in [1.165, 1.54) is 29.7 Å². The van der Waals surface area contributed by atoms with Crippen LogP contribution in [-0.4, -0.2) is 42.2 Å². The van der Waals surface area contributed by atoms with Gasteiger partial charge in [-0.05, 0) is 105 Å². The van der Waals surface area contributed by atoms with Gasteiger partial charge in [-0.25, -0.2) is 0 Å². The summed E-state index contributed by atoms with van der Waals surface area (Å²) in [5.74, 6) is 0.499. The number of carbonyl (C=O) groups is 1. The highest BCUT2D eigenvalue weighted by molar-refractivity contribution is 6.20. The Balaban J connectivity index is 1.98. The van der Waals surface area contributed by atoms with Crippen LogP contribution in [0.15, 0.2) is 122 Å². The van der Waals surface area contributed by atoms with Gasteiger partial charge < -0.3 is 4.90 Å². The predicted octanol–water partition coefficient (Wildman–Crippen LogP) is 9.54. The first-order valence-corrected chi connectivity index (χ1v) is 15.9. The summed E-state index contributed by atoms with van der Waals surface area (Å²) >= 11 is 0. The highest BCUT2D eigenvalue weighted by Crippen LogP contribution is 2.29. The molecule has 0 amide bonds. The van der Waals surface area contributed by atoms with Crippen LogP contribution in [0.3, 0.4) is 0 Å². The van der Waals surface area contributed by atoms with Crippen LogP contribution in [0.2, 0.25) is 0 Å². The maximum absolute atomic E-state index is 13.1. The Morgan fingerprint density at radius 1 is 1.14 bits per heavy atom. The van der Waals surface area contributed by atoms with Crippen molar-refractivity contribution in [3.8, 4) is 0 Å². The van der Waals surface area contributed by atoms with Crippen molar-refractivity contribution in [1.82, 2.24) is 4.90 Å². The van der Waals surface area contributed by atoms with E-state index in [1.54, 1.807) is 13.1 Å². The summed E-state index contributed by atoms with van der Waals surface area (Å²) in [7, 11) is 1.76. The average Bonchev–Trinajstić information content (AvgIpc) is 3.25. The maximum Gasteiger partial charge on any atom is 0.183 e. The molecule has 1 saturated heterocycles. The van der Waals surface area contributed by atoms with Crippen LogP contribution < -0.4 is 0 Å². The summed E-state index contributed by atoms with van der Waals surface area (Å²) in [6, 6.07) is 0. The van der Waals surface area contributed by atoms with E-state index in [2.05, 4.69) is 101 Å². The zero-order chi connectivity index (χ0) is 31.5. The number of hydrogen-bond acceptors (Lipinski definition) is 4. The molecule has 1 aliphatic carbocycles. The molecule has 4 nitrogen and oxygen atoms in total. The second-order valence-corrected chi connectivity index (χ2v) is 11.8. The van der Waals surface area contributed by atoms with Gasteiger partial charge in [0.05, 0.1) is 11.4 Å². The summed E-state index contributed by atoms with van der Waals surface area (Å²) in [6.45, 7) is 23.3. The van der Waals surface area contributed by atoms with Gasteiger partial charge in [0.25, 0.3) is 0 Å². The molecule has 2 heterocycles. The normalized spacial score (nSPS) is 24.7. The molecule has 4 heteroatoms. The zero-order valence-electron chi connectivity index (χ0n) is 27.6. The lowest BCUT2D eigenvalue weighted by atomic mass is 9.91. The van der Waals surface area contributed by atoms with Gasteiger partial charge in [0.1, 0.15) is 0 Å². The molecule has 0 aromatic carbocycles. The monoisotopic (exact) mass is 577 g/mol. The van der Waals surface area contributed by atoms with E-state index in [4.69, 9.17) is 4.99 Å². The second-order valence-electron chi connectivity index (χ2n) is 11.8. The van der Waals surface area contributed by atoms with Crippen LogP contribution in [0.5, 0.6) is 0 Å². The van der Waals surface area contributed by atoms with Crippen molar-refractivity contribution in [1.29, 1.82) is 0 Å². The Kier molecular flexibility index (Phi) is 12.7. The first-order valence-electron chi connectivity index (χ1n) is 15.9. The van der Waals surface area contributed by atoms with E-state index in [1.807, 2.05) is 6.08 Å². The second kappa shape index (κ2) is 16.2. The number of likely N-dealkylation sites (tertiary alicyclic amines) is 1. The van der Waals surface area contributed by atoms with E-state index in [0.717, 1.165) is 66.8 Å². The molecule has 0 bridgehead atoms. The quantitative estimate of drug-likeness (QED) is 0.0900. The SMILES string of the molecule is C=C1CC(/C=C\C(=C/C)N2CCC(=C)C(CCC)CC2)=NC(C(/C=C2C(CCC)=C=C(C)/C(C)=C\C=C/2C)=N/C)=CC1=O. The molecule has 0 saturated carbocycles. The van der Waals surface area contributed by atoms with Crippen molar-refractivity contribution in [3.05, 3.63) is 112 Å². The lowest BCUT2D eigenvalue weighted by Crippen LogP contribution is -2.23. The van der Waals surface area contributed by atoms with Crippen molar-refractivity contribution in [2.45, 2.75) is 86.5 Å². The number of rotatable bonds is 9. The fraction of sp³-hybridized carbons (Fsp3) is 0.436. The van der Waals surface area contributed by atoms with Crippen molar-refractivity contribution in [3.63, 3.8) is 0 Å². The molecule has 1 atom stereocenters. The molecule has 0 N–H and O–H groups in total. The molecule has 0 radical (unpaired) electrons. The van der Waals surface area contributed by atoms with Gasteiger partial charge in [-0.15, -0.1) is 5.73 Å². The summed E-state index contributed by atoms with van der Waals surface area (Å²) < 4.78 is 0. The summed E-state index contributed by atoms with van der Waals surface area (Å²) in [5, 5.41) is 0. The predicted molar refractivity (Wildman–Crippen MR) is 186 cm³/mol. The standard InChI is InChI=1S/C39H51N3O/c1-10-13-32-20-22-42(21-19-28(32)5)35(12-3)18-17-34-24-31(8)39(43)26-38(41-34)37(40-9)25-36-29(6)16-15-27(4)30(7)23-33(36)14-11-2/h12,15-18,25-26,32H,5,8,10-11,13-14,19-22,24H2,1-4,6-7,9H3/b18-17-,27-15-,29-16-,35-12+,36-25+,40-37+. The van der Waals surface area contributed by atoms with E-state index >= 15 is 0 Å². The highest BCUT2D eigenvalue weighted by Gasteiger charge is 2.21. The Bertz CT molecular complexity index is 1440. The Morgan fingerprint density at radius 3 is 2.56 bits per heavy atom. The van der Waals surface area contributed by atoms with Crippen LogP contribution in [-0.2, 0) is 4.79 Å². The van der Waals surface area contributed by atoms with E-state index < -0.39 is 0 Å². The lowest BCUT2D eigenvalue weighted by Gasteiger charge is -2.24. The molecule has 43 heavy (non-hydrogen) atoms. The van der Waals surface area contributed by atoms with Crippen LogP contribution in [0, 0.1) is 5.92 Å². The molecule has 2 aliphatic heterocycles. The van der Waals surface area contributed by atoms with Gasteiger partial charge in [-0.2, -0.15) is 0 Å². The topological polar surface area (TPSA) is 45.0 Å². The van der Waals surface area contributed by atoms with Crippen molar-refractivity contribution in [2.24, 2.45) is 15.9 Å². The van der Waals surface area contributed by atoms with Crippen LogP contribution in [0.4, 0.5) is 0 Å². The minimum absolute atomic E-state index is 0.107. The molecule has 228 valence electrons. The summed E-state index contributed by atoms with van der Waals surface area (Å²) in [6.07, 6.45) is 21.2. The van der Waals surface area contributed by atoms with Gasteiger partial charge in [0, 0.05) is 49.6 Å². The minimum atomic E-state index is -0.107. The van der Waals surface area contributed by atoms with Crippen LogP contribution >= 0.6 is 0 Å². The summed E-state index contributed by atoms with van der Waals surface area (Å²) in [5.41, 5.74) is 14.5. The van der Waals surface area contributed by atoms with E-state index in [-0.39, 0.29) is 5.78 Å². The van der Waals surface area contributed by atoms with E-state index in [9.17, 15) is 4.79 Å². The molecule has 3 rings (SSSR count). The molecular weight excluding hydrogens is 526 g/mol. The Labute approximate surface area is 260 Å². The molecule has 0 spiro atoms. The van der Waals surface area contributed by atoms with Crippen LogP contribution in [0.1, 0.15) is 86.5 Å². The molecule has 3 aliphatic rings. The van der Waals surface area contributed by atoms with Crippen molar-refractivity contribution >= 4 is 17.2 Å². The summed E-state index contributed by atoms with van der Waals surface area (Å²) in [4.78, 5) is 25.1. The van der Waals surface area contributed by atoms with E-state index in [0.29, 0.717) is 29.3 Å². The third-order valence-electron chi connectivity index (χ3n) is 8.59. The molecular formula is C39H51N3O. The fourth-order valence-electron chi connectivity index (χ4n) is 5.75. The van der Waals surface area contributed by atoms with Crippen molar-refractivity contribution in [2.75, 3.05) is 20.1 Å². The fourth-order valence-corrected chi connectivity index (χ4v) is 5.75. The third-order valence-corrected chi connectivity index (χ3v) is 8.59. The number of aliphatic imine (C=N–C) groups is 2. The molecule has 1 fully saturated rings.